The molecule has 1 N–H and O–H groups in total. The van der Waals surface area contributed by atoms with Crippen molar-refractivity contribution >= 4 is 16.5 Å². The van der Waals surface area contributed by atoms with Gasteiger partial charge in [-0.1, -0.05) is 3.89 Å². The Morgan fingerprint density at radius 3 is 2.32 bits per heavy atom. The molecule has 0 aliphatic carbocycles. The molecule has 2 aromatic rings. The first-order valence-electron chi connectivity index (χ1n) is 6.52. The van der Waals surface area contributed by atoms with E-state index in [0.29, 0.717) is 0 Å². The number of ether oxygens (including phenoxy) is 1. The first kappa shape index (κ1) is 18.2. The number of carbonyl (C=O) groups is 1. The molecule has 0 fully saturated rings. The number of hydrogen-bond acceptors (Lipinski definition) is 6. The van der Waals surface area contributed by atoms with Crippen molar-refractivity contribution in [2.24, 2.45) is 0 Å². The monoisotopic (exact) mass is 369 g/mol. The molecule has 0 amide bonds. The van der Waals surface area contributed by atoms with Crippen molar-refractivity contribution in [2.45, 2.75) is 6.61 Å². The number of hydrogen-bond donors (Lipinski definition) is 1. The number of carboxylic acid groups (broad SMARTS) is 1. The van der Waals surface area contributed by atoms with E-state index >= 15 is 0 Å². The van der Waals surface area contributed by atoms with Gasteiger partial charge < -0.3 is 14.0 Å². The fraction of sp³-hybridized carbons (Fsp3) is 0.0667. The normalized spacial score (nSPS) is 10.8. The predicted molar refractivity (Wildman–Crippen MR) is 79.5 cm³/mol. The van der Waals surface area contributed by atoms with Crippen LogP contribution in [0.4, 0.5) is 8.28 Å². The van der Waals surface area contributed by atoms with Gasteiger partial charge in [-0.05, 0) is 36.4 Å². The number of nitriles is 1. The van der Waals surface area contributed by atoms with E-state index in [1.54, 1.807) is 6.07 Å². The summed E-state index contributed by atoms with van der Waals surface area (Å²) in [5.41, 5.74) is -0.702. The van der Waals surface area contributed by atoms with E-state index in [4.69, 9.17) is 15.1 Å². The van der Waals surface area contributed by atoms with E-state index in [1.165, 1.54) is 12.1 Å². The Labute approximate surface area is 141 Å². The first-order chi connectivity index (χ1) is 11.7. The summed E-state index contributed by atoms with van der Waals surface area (Å²) in [6.07, 6.45) is 0. The van der Waals surface area contributed by atoms with Crippen LogP contribution in [0.3, 0.4) is 0 Å². The molecule has 130 valence electrons. The van der Waals surface area contributed by atoms with Crippen molar-refractivity contribution < 1.29 is 35.5 Å². The summed E-state index contributed by atoms with van der Waals surface area (Å²) in [4.78, 5) is 10.9. The van der Waals surface area contributed by atoms with Gasteiger partial charge in [-0.25, -0.2) is 9.18 Å². The third kappa shape index (κ3) is 4.89. The van der Waals surface area contributed by atoms with E-state index in [0.717, 1.165) is 24.3 Å². The lowest BCUT2D eigenvalue weighted by Gasteiger charge is -2.10. The Kier molecular flexibility index (Phi) is 5.19. The molecule has 0 spiro atoms. The summed E-state index contributed by atoms with van der Waals surface area (Å²) in [7, 11) is -5.15. The van der Waals surface area contributed by atoms with E-state index in [9.17, 15) is 21.5 Å². The van der Waals surface area contributed by atoms with Gasteiger partial charge in [0.1, 0.15) is 23.9 Å². The molecular formula is C15H9F2NO6S. The average Bonchev–Trinajstić information content (AvgIpc) is 2.52. The Hall–Kier alpha value is -3.19. The largest absolute Gasteiger partial charge is 0.489 e. The van der Waals surface area contributed by atoms with E-state index < -0.39 is 22.3 Å². The fourth-order valence-electron chi connectivity index (χ4n) is 1.87. The highest BCUT2D eigenvalue weighted by atomic mass is 32.3. The van der Waals surface area contributed by atoms with Gasteiger partial charge in [0, 0.05) is 5.56 Å². The zero-order valence-corrected chi connectivity index (χ0v) is 13.1. The summed E-state index contributed by atoms with van der Waals surface area (Å²) >= 11 is 0. The van der Waals surface area contributed by atoms with Gasteiger partial charge in [0.05, 0.1) is 17.2 Å². The highest BCUT2D eigenvalue weighted by Gasteiger charge is 2.15. The number of carboxylic acids is 1. The maximum absolute atomic E-state index is 14.0. The number of nitrogens with zero attached hydrogens (tertiary/aromatic N) is 1. The third-order valence-corrected chi connectivity index (χ3v) is 3.36. The molecule has 0 atom stereocenters. The number of benzene rings is 2. The van der Waals surface area contributed by atoms with Crippen molar-refractivity contribution in [3.8, 4) is 17.6 Å². The molecule has 0 aliphatic heterocycles. The Bertz CT molecular complexity index is 951. The quantitative estimate of drug-likeness (QED) is 0.778. The molecule has 0 aliphatic rings. The van der Waals surface area contributed by atoms with Crippen LogP contribution in [-0.4, -0.2) is 19.5 Å². The average molecular weight is 369 g/mol. The lowest BCUT2D eigenvalue weighted by molar-refractivity contribution is 0.0696. The molecule has 0 bridgehead atoms. The second-order valence-electron chi connectivity index (χ2n) is 4.64. The predicted octanol–water partition coefficient (Wildman–Crippen LogP) is 2.57. The van der Waals surface area contributed by atoms with Crippen LogP contribution in [-0.2, 0) is 17.1 Å². The molecule has 2 rings (SSSR count). The highest BCUT2D eigenvalue weighted by Crippen LogP contribution is 2.22. The second-order valence-corrected chi connectivity index (χ2v) is 5.59. The molecule has 0 radical (unpaired) electrons. The van der Waals surface area contributed by atoms with Crippen LogP contribution < -0.4 is 8.92 Å². The second kappa shape index (κ2) is 7.14. The zero-order valence-electron chi connectivity index (χ0n) is 12.3. The molecule has 2 aromatic carbocycles. The summed E-state index contributed by atoms with van der Waals surface area (Å²) in [6.45, 7) is -0.379. The summed E-state index contributed by atoms with van der Waals surface area (Å²) in [5.74, 6) is -2.42. The first-order valence-corrected chi connectivity index (χ1v) is 7.83. The van der Waals surface area contributed by atoms with Gasteiger partial charge >= 0.3 is 16.5 Å². The summed E-state index contributed by atoms with van der Waals surface area (Å²) in [6, 6.07) is 8.20. The van der Waals surface area contributed by atoms with Gasteiger partial charge in [-0.15, -0.1) is 0 Å². The van der Waals surface area contributed by atoms with Crippen molar-refractivity contribution in [3.63, 3.8) is 0 Å². The highest BCUT2D eigenvalue weighted by molar-refractivity contribution is 7.81. The molecule has 7 nitrogen and oxygen atoms in total. The van der Waals surface area contributed by atoms with Gasteiger partial charge in [0.25, 0.3) is 0 Å². The van der Waals surface area contributed by atoms with Gasteiger partial charge in [0.2, 0.25) is 0 Å². The Morgan fingerprint density at radius 2 is 1.80 bits per heavy atom. The van der Waals surface area contributed by atoms with Crippen molar-refractivity contribution in [1.82, 2.24) is 0 Å². The SMILES string of the molecule is N#Cc1cc(C(=O)O)cc(F)c1COc1ccc(OS(=O)(=O)F)cc1. The van der Waals surface area contributed by atoms with Crippen molar-refractivity contribution in [1.29, 1.82) is 5.26 Å². The van der Waals surface area contributed by atoms with E-state index in [1.807, 2.05) is 0 Å². The van der Waals surface area contributed by atoms with Crippen LogP contribution in [0.1, 0.15) is 21.5 Å². The molecule has 0 unspecified atom stereocenters. The zero-order chi connectivity index (χ0) is 18.6. The molecule has 10 heteroatoms. The molecule has 0 saturated heterocycles. The van der Waals surface area contributed by atoms with E-state index in [2.05, 4.69) is 4.18 Å². The lowest BCUT2D eigenvalue weighted by Crippen LogP contribution is -2.06. The van der Waals surface area contributed by atoms with Crippen molar-refractivity contribution in [3.05, 3.63) is 58.9 Å². The van der Waals surface area contributed by atoms with Gasteiger partial charge in [-0.3, -0.25) is 0 Å². The van der Waals surface area contributed by atoms with Crippen LogP contribution in [0, 0.1) is 17.1 Å². The van der Waals surface area contributed by atoms with Crippen LogP contribution in [0.5, 0.6) is 11.5 Å². The Balaban J connectivity index is 2.16. The van der Waals surface area contributed by atoms with Crippen molar-refractivity contribution in [2.75, 3.05) is 0 Å². The smallest absolute Gasteiger partial charge is 0.488 e. The van der Waals surface area contributed by atoms with Crippen LogP contribution >= 0.6 is 0 Å². The maximum Gasteiger partial charge on any atom is 0.488 e. The summed E-state index contributed by atoms with van der Waals surface area (Å²) < 4.78 is 56.3. The number of halogens is 2. The maximum atomic E-state index is 14.0. The Morgan fingerprint density at radius 1 is 1.20 bits per heavy atom. The summed E-state index contributed by atoms with van der Waals surface area (Å²) in [5, 5.41) is 17.9. The molecule has 0 saturated carbocycles. The molecule has 0 heterocycles. The fourth-order valence-corrected chi connectivity index (χ4v) is 2.21. The minimum atomic E-state index is -5.15. The molecule has 25 heavy (non-hydrogen) atoms. The molecular weight excluding hydrogens is 360 g/mol. The van der Waals surface area contributed by atoms with Crippen LogP contribution in [0.15, 0.2) is 36.4 Å². The standard InChI is InChI=1S/C15H9F2NO6S/c16-14-6-9(15(19)20)5-10(7-18)13(14)8-23-11-1-3-12(4-2-11)24-25(17,21)22/h1-6H,8H2,(H,19,20). The van der Waals surface area contributed by atoms with Gasteiger partial charge in [0.15, 0.2) is 0 Å². The number of aromatic carboxylic acids is 1. The van der Waals surface area contributed by atoms with Gasteiger partial charge in [-0.2, -0.15) is 13.7 Å². The minimum Gasteiger partial charge on any atom is -0.489 e. The van der Waals surface area contributed by atoms with E-state index in [-0.39, 0.29) is 34.8 Å². The van der Waals surface area contributed by atoms with Crippen LogP contribution in [0.2, 0.25) is 0 Å². The lowest BCUT2D eigenvalue weighted by atomic mass is 10.0. The van der Waals surface area contributed by atoms with Crippen LogP contribution in [0.25, 0.3) is 0 Å². The molecule has 0 aromatic heterocycles. The topological polar surface area (TPSA) is 114 Å². The minimum absolute atomic E-state index is 0.140. The number of rotatable bonds is 6. The third-order valence-electron chi connectivity index (χ3n) is 2.97.